The maximum absolute atomic E-state index is 13.1. The van der Waals surface area contributed by atoms with Gasteiger partial charge in [0.2, 0.25) is 15.9 Å². The van der Waals surface area contributed by atoms with Crippen LogP contribution >= 0.6 is 0 Å². The van der Waals surface area contributed by atoms with Crippen molar-refractivity contribution in [2.75, 3.05) is 5.32 Å². The second-order valence-electron chi connectivity index (χ2n) is 3.83. The van der Waals surface area contributed by atoms with Gasteiger partial charge in [-0.1, -0.05) is 5.21 Å². The van der Waals surface area contributed by atoms with Crippen molar-refractivity contribution in [3.05, 3.63) is 36.4 Å². The third kappa shape index (κ3) is 3.36. The van der Waals surface area contributed by atoms with Gasteiger partial charge >= 0.3 is 0 Å². The lowest BCUT2D eigenvalue weighted by Crippen LogP contribution is -2.22. The highest BCUT2D eigenvalue weighted by Gasteiger charge is 2.16. The molecule has 0 radical (unpaired) electrons. The molecular formula is C10H10FN5O3S. The molecule has 0 saturated carbocycles. The molecule has 2 rings (SSSR count). The van der Waals surface area contributed by atoms with Crippen molar-refractivity contribution in [2.45, 2.75) is 11.4 Å². The van der Waals surface area contributed by atoms with Crippen LogP contribution in [0.1, 0.15) is 0 Å². The van der Waals surface area contributed by atoms with Crippen LogP contribution in [0.2, 0.25) is 0 Å². The van der Waals surface area contributed by atoms with Gasteiger partial charge in [-0.05, 0) is 18.2 Å². The molecular weight excluding hydrogens is 289 g/mol. The molecule has 0 atom stereocenters. The van der Waals surface area contributed by atoms with Crippen molar-refractivity contribution in [2.24, 2.45) is 5.14 Å². The van der Waals surface area contributed by atoms with E-state index in [9.17, 15) is 17.6 Å². The molecule has 8 nitrogen and oxygen atoms in total. The van der Waals surface area contributed by atoms with Gasteiger partial charge < -0.3 is 5.32 Å². The van der Waals surface area contributed by atoms with Gasteiger partial charge in [0, 0.05) is 6.20 Å². The maximum atomic E-state index is 13.1. The first-order valence-electron chi connectivity index (χ1n) is 5.32. The summed E-state index contributed by atoms with van der Waals surface area (Å²) in [6, 6.07) is 2.79. The Balaban J connectivity index is 2.24. The Bertz CT molecular complexity index is 729. The number of hydrogen-bond donors (Lipinski definition) is 2. The molecule has 3 N–H and O–H groups in total. The van der Waals surface area contributed by atoms with Crippen LogP contribution in [0.25, 0.3) is 0 Å². The first kappa shape index (κ1) is 14.1. The molecule has 1 aromatic heterocycles. The Morgan fingerprint density at radius 2 is 2.20 bits per heavy atom. The van der Waals surface area contributed by atoms with Gasteiger partial charge in [-0.25, -0.2) is 22.6 Å². The Labute approximate surface area is 113 Å². The standard InChI is InChI=1S/C10H10FN5O3S/c11-7-1-2-9(20(12,18)19)8(5-7)14-10(17)6-16-4-3-13-15-16/h1-5H,6H2,(H,14,17)(H2,12,18,19). The number of halogens is 1. The highest BCUT2D eigenvalue weighted by Crippen LogP contribution is 2.21. The molecule has 106 valence electrons. The SMILES string of the molecule is NS(=O)(=O)c1ccc(F)cc1NC(=O)Cn1ccnn1. The van der Waals surface area contributed by atoms with Crippen molar-refractivity contribution in [3.63, 3.8) is 0 Å². The molecule has 20 heavy (non-hydrogen) atoms. The summed E-state index contributed by atoms with van der Waals surface area (Å²) in [6.45, 7) is -0.194. The van der Waals surface area contributed by atoms with Gasteiger partial charge in [-0.15, -0.1) is 5.10 Å². The number of nitrogens with one attached hydrogen (secondary N) is 1. The lowest BCUT2D eigenvalue weighted by Gasteiger charge is -2.09. The van der Waals surface area contributed by atoms with Crippen LogP contribution in [0, 0.1) is 5.82 Å². The van der Waals surface area contributed by atoms with E-state index in [4.69, 9.17) is 5.14 Å². The smallest absolute Gasteiger partial charge is 0.246 e. The lowest BCUT2D eigenvalue weighted by atomic mass is 10.3. The molecule has 0 bridgehead atoms. The summed E-state index contributed by atoms with van der Waals surface area (Å²) in [4.78, 5) is 11.3. The van der Waals surface area contributed by atoms with Gasteiger partial charge in [0.1, 0.15) is 17.3 Å². The van der Waals surface area contributed by atoms with E-state index in [-0.39, 0.29) is 17.1 Å². The van der Waals surface area contributed by atoms with E-state index in [0.29, 0.717) is 0 Å². The molecule has 0 aliphatic rings. The van der Waals surface area contributed by atoms with E-state index < -0.39 is 21.7 Å². The van der Waals surface area contributed by atoms with E-state index in [1.807, 2.05) is 0 Å². The van der Waals surface area contributed by atoms with Gasteiger partial charge in [-0.3, -0.25) is 4.79 Å². The minimum absolute atomic E-state index is 0.194. The number of amides is 1. The van der Waals surface area contributed by atoms with E-state index in [2.05, 4.69) is 15.6 Å². The summed E-state index contributed by atoms with van der Waals surface area (Å²) >= 11 is 0. The van der Waals surface area contributed by atoms with Crippen molar-refractivity contribution >= 4 is 21.6 Å². The van der Waals surface area contributed by atoms with Crippen LogP contribution in [0.15, 0.2) is 35.5 Å². The Morgan fingerprint density at radius 3 is 2.80 bits per heavy atom. The van der Waals surface area contributed by atoms with E-state index in [0.717, 1.165) is 18.2 Å². The monoisotopic (exact) mass is 299 g/mol. The minimum atomic E-state index is -4.07. The summed E-state index contributed by atoms with van der Waals surface area (Å²) in [5.74, 6) is -1.29. The van der Waals surface area contributed by atoms with Gasteiger partial charge in [0.15, 0.2) is 0 Å². The summed E-state index contributed by atoms with van der Waals surface area (Å²) in [7, 11) is -4.07. The number of anilines is 1. The highest BCUT2D eigenvalue weighted by molar-refractivity contribution is 7.89. The zero-order chi connectivity index (χ0) is 14.8. The predicted molar refractivity (Wildman–Crippen MR) is 66.4 cm³/mol. The van der Waals surface area contributed by atoms with Gasteiger partial charge in [0.25, 0.3) is 0 Å². The normalized spacial score (nSPS) is 11.3. The Kier molecular flexibility index (Phi) is 3.77. The largest absolute Gasteiger partial charge is 0.323 e. The third-order valence-corrected chi connectivity index (χ3v) is 3.27. The molecule has 1 heterocycles. The molecule has 0 saturated heterocycles. The van der Waals surface area contributed by atoms with Gasteiger partial charge in [-0.2, -0.15) is 0 Å². The average molecular weight is 299 g/mol. The fourth-order valence-corrected chi connectivity index (χ4v) is 2.18. The first-order chi connectivity index (χ1) is 9.36. The number of aromatic nitrogens is 3. The third-order valence-electron chi connectivity index (χ3n) is 2.30. The Morgan fingerprint density at radius 1 is 1.45 bits per heavy atom. The number of benzene rings is 1. The molecule has 0 aliphatic heterocycles. The number of primary sulfonamides is 1. The second kappa shape index (κ2) is 5.35. The summed E-state index contributed by atoms with van der Waals surface area (Å²) in [5, 5.41) is 14.3. The van der Waals surface area contributed by atoms with Crippen molar-refractivity contribution in [1.29, 1.82) is 0 Å². The van der Waals surface area contributed by atoms with Crippen LogP contribution in [-0.2, 0) is 21.4 Å². The number of nitrogens with two attached hydrogens (primary N) is 1. The quantitative estimate of drug-likeness (QED) is 0.803. The van der Waals surface area contributed by atoms with Crippen LogP contribution in [0.5, 0.6) is 0 Å². The van der Waals surface area contributed by atoms with E-state index in [1.165, 1.54) is 17.1 Å². The first-order valence-corrected chi connectivity index (χ1v) is 6.87. The minimum Gasteiger partial charge on any atom is -0.323 e. The second-order valence-corrected chi connectivity index (χ2v) is 5.36. The number of carbonyl (C=O) groups is 1. The van der Waals surface area contributed by atoms with Crippen LogP contribution in [-0.4, -0.2) is 29.3 Å². The molecule has 0 spiro atoms. The fourth-order valence-electron chi connectivity index (χ4n) is 1.50. The number of carbonyl (C=O) groups excluding carboxylic acids is 1. The molecule has 1 aromatic carbocycles. The number of nitrogens with zero attached hydrogens (tertiary/aromatic N) is 3. The average Bonchev–Trinajstić information content (AvgIpc) is 2.79. The molecule has 0 unspecified atom stereocenters. The van der Waals surface area contributed by atoms with E-state index in [1.54, 1.807) is 0 Å². The van der Waals surface area contributed by atoms with Crippen LogP contribution < -0.4 is 10.5 Å². The van der Waals surface area contributed by atoms with Crippen LogP contribution in [0.3, 0.4) is 0 Å². The molecule has 0 fully saturated rings. The van der Waals surface area contributed by atoms with Crippen LogP contribution in [0.4, 0.5) is 10.1 Å². The number of hydrogen-bond acceptors (Lipinski definition) is 5. The summed E-state index contributed by atoms with van der Waals surface area (Å²) in [6.07, 6.45) is 2.83. The molecule has 1 amide bonds. The highest BCUT2D eigenvalue weighted by atomic mass is 32.2. The van der Waals surface area contributed by atoms with Crippen molar-refractivity contribution in [3.8, 4) is 0 Å². The maximum Gasteiger partial charge on any atom is 0.246 e. The number of sulfonamides is 1. The molecule has 0 aliphatic carbocycles. The Hall–Kier alpha value is -2.33. The van der Waals surface area contributed by atoms with Crippen molar-refractivity contribution < 1.29 is 17.6 Å². The zero-order valence-corrected chi connectivity index (χ0v) is 10.8. The lowest BCUT2D eigenvalue weighted by molar-refractivity contribution is -0.116. The zero-order valence-electron chi connectivity index (χ0n) is 10.0. The number of rotatable bonds is 4. The summed E-state index contributed by atoms with van der Waals surface area (Å²) < 4.78 is 37.1. The molecule has 10 heteroatoms. The molecule has 2 aromatic rings. The van der Waals surface area contributed by atoms with E-state index >= 15 is 0 Å². The summed E-state index contributed by atoms with van der Waals surface area (Å²) in [5.41, 5.74) is -0.224. The predicted octanol–water partition coefficient (Wildman–Crippen LogP) is -0.297. The van der Waals surface area contributed by atoms with Gasteiger partial charge in [0.05, 0.1) is 11.9 Å². The van der Waals surface area contributed by atoms with Crippen molar-refractivity contribution in [1.82, 2.24) is 15.0 Å². The topological polar surface area (TPSA) is 120 Å². The fraction of sp³-hybridized carbons (Fsp3) is 0.100.